The first-order chi connectivity index (χ1) is 7.46. The summed E-state index contributed by atoms with van der Waals surface area (Å²) in [5.74, 6) is 0. The van der Waals surface area contributed by atoms with E-state index in [1.165, 1.54) is 7.05 Å². The Morgan fingerprint density at radius 1 is 1.38 bits per heavy atom. The lowest BCUT2D eigenvalue weighted by molar-refractivity contribution is 0.240. The number of anilines is 1. The Balaban J connectivity index is 2.67. The van der Waals surface area contributed by atoms with Gasteiger partial charge in [0.1, 0.15) is 4.90 Å². The molecule has 0 aliphatic carbocycles. The summed E-state index contributed by atoms with van der Waals surface area (Å²) in [4.78, 5) is 11.5. The van der Waals surface area contributed by atoms with Crippen LogP contribution in [0.1, 0.15) is 12.5 Å². The molecule has 1 aromatic carbocycles. The Morgan fingerprint density at radius 2 is 2.06 bits per heavy atom. The largest absolute Gasteiger partial charge is 0.335 e. The van der Waals surface area contributed by atoms with Crippen LogP contribution in [-0.4, -0.2) is 25.8 Å². The van der Waals surface area contributed by atoms with E-state index >= 15 is 0 Å². The van der Waals surface area contributed by atoms with Crippen LogP contribution in [0.3, 0.4) is 0 Å². The van der Waals surface area contributed by atoms with Crippen LogP contribution in [0.15, 0.2) is 23.1 Å². The zero-order valence-electron chi connectivity index (χ0n) is 9.02. The van der Waals surface area contributed by atoms with Crippen molar-refractivity contribution in [3.8, 4) is 0 Å². The van der Waals surface area contributed by atoms with Gasteiger partial charge in [-0.15, -0.1) is 0 Å². The average Bonchev–Trinajstić information content (AvgIpc) is 2.26. The highest BCUT2D eigenvalue weighted by Crippen LogP contribution is 2.29. The molecule has 0 aromatic heterocycles. The van der Waals surface area contributed by atoms with E-state index in [4.69, 9.17) is 0 Å². The molecule has 1 aliphatic heterocycles. The van der Waals surface area contributed by atoms with Crippen molar-refractivity contribution in [3.63, 3.8) is 0 Å². The molecule has 0 saturated heterocycles. The minimum atomic E-state index is -3.68. The highest BCUT2D eigenvalue weighted by atomic mass is 32.2. The predicted molar refractivity (Wildman–Crippen MR) is 59.8 cm³/mol. The monoisotopic (exact) mass is 240 g/mol. The van der Waals surface area contributed by atoms with Gasteiger partial charge >= 0.3 is 6.03 Å². The fourth-order valence-corrected chi connectivity index (χ4v) is 2.81. The molecule has 0 saturated carbocycles. The van der Waals surface area contributed by atoms with Crippen molar-refractivity contribution in [2.75, 3.05) is 12.4 Å². The molecule has 0 unspecified atom stereocenters. The number of urea groups is 1. The third kappa shape index (κ3) is 1.46. The molecule has 2 rings (SSSR count). The smallest absolute Gasteiger partial charge is 0.306 e. The Hall–Kier alpha value is -1.56. The Morgan fingerprint density at radius 3 is 2.69 bits per heavy atom. The van der Waals surface area contributed by atoms with Gasteiger partial charge < -0.3 is 5.32 Å². The Labute approximate surface area is 94.1 Å². The van der Waals surface area contributed by atoms with Crippen molar-refractivity contribution in [2.24, 2.45) is 0 Å². The molecular formula is C10H12N2O3S. The lowest BCUT2D eigenvalue weighted by atomic mass is 10.1. The summed E-state index contributed by atoms with van der Waals surface area (Å²) < 4.78 is 24.6. The first kappa shape index (κ1) is 10.9. The standard InChI is InChI=1S/C10H12N2O3S/c1-3-7-4-5-8-9(6-7)16(14,15)12(2)10(13)11-8/h4-6H,3H2,1-2H3,(H,11,13). The molecule has 6 heteroatoms. The van der Waals surface area contributed by atoms with Crippen molar-refractivity contribution in [3.05, 3.63) is 23.8 Å². The molecule has 0 bridgehead atoms. The highest BCUT2D eigenvalue weighted by molar-refractivity contribution is 7.90. The molecule has 1 heterocycles. The van der Waals surface area contributed by atoms with Gasteiger partial charge in [0.15, 0.2) is 0 Å². The number of hydrogen-bond acceptors (Lipinski definition) is 3. The van der Waals surface area contributed by atoms with Gasteiger partial charge in [0.05, 0.1) is 5.69 Å². The topological polar surface area (TPSA) is 66.5 Å². The number of nitrogens with one attached hydrogen (secondary N) is 1. The first-order valence-electron chi connectivity index (χ1n) is 4.89. The molecule has 0 atom stereocenters. The minimum Gasteiger partial charge on any atom is -0.306 e. The van der Waals surface area contributed by atoms with Crippen LogP contribution < -0.4 is 5.32 Å². The van der Waals surface area contributed by atoms with Crippen molar-refractivity contribution in [1.29, 1.82) is 0 Å². The Kier molecular flexibility index (Phi) is 2.38. The number of carbonyl (C=O) groups is 1. The maximum absolute atomic E-state index is 11.9. The van der Waals surface area contributed by atoms with Gasteiger partial charge in [-0.3, -0.25) is 0 Å². The lowest BCUT2D eigenvalue weighted by Crippen LogP contribution is -2.41. The van der Waals surface area contributed by atoms with E-state index in [0.717, 1.165) is 16.3 Å². The number of nitrogens with zero attached hydrogens (tertiary/aromatic N) is 1. The molecule has 5 nitrogen and oxygen atoms in total. The SMILES string of the molecule is CCc1ccc2c(c1)S(=O)(=O)N(C)C(=O)N2. The molecule has 1 aromatic rings. The van der Waals surface area contributed by atoms with Crippen LogP contribution in [0.2, 0.25) is 0 Å². The van der Waals surface area contributed by atoms with Gasteiger partial charge in [0.25, 0.3) is 10.0 Å². The van der Waals surface area contributed by atoms with E-state index in [0.29, 0.717) is 5.69 Å². The van der Waals surface area contributed by atoms with Crippen molar-refractivity contribution in [1.82, 2.24) is 4.31 Å². The van der Waals surface area contributed by atoms with Crippen molar-refractivity contribution in [2.45, 2.75) is 18.2 Å². The molecule has 86 valence electrons. The van der Waals surface area contributed by atoms with Gasteiger partial charge in [-0.05, 0) is 24.1 Å². The number of amides is 2. The quantitative estimate of drug-likeness (QED) is 0.807. The first-order valence-corrected chi connectivity index (χ1v) is 6.33. The maximum atomic E-state index is 11.9. The van der Waals surface area contributed by atoms with Crippen LogP contribution in [0.25, 0.3) is 0 Å². The van der Waals surface area contributed by atoms with Crippen LogP contribution >= 0.6 is 0 Å². The number of rotatable bonds is 1. The number of fused-ring (bicyclic) bond motifs is 1. The van der Waals surface area contributed by atoms with Crippen molar-refractivity contribution < 1.29 is 13.2 Å². The number of benzene rings is 1. The molecular weight excluding hydrogens is 228 g/mol. The summed E-state index contributed by atoms with van der Waals surface area (Å²) in [5.41, 5.74) is 1.27. The van der Waals surface area contributed by atoms with Gasteiger partial charge in [-0.1, -0.05) is 13.0 Å². The fraction of sp³-hybridized carbons (Fsp3) is 0.300. The summed E-state index contributed by atoms with van der Waals surface area (Å²) in [6, 6.07) is 4.40. The van der Waals surface area contributed by atoms with Gasteiger partial charge in [0.2, 0.25) is 0 Å². The van der Waals surface area contributed by atoms with E-state index in [2.05, 4.69) is 5.32 Å². The number of carbonyl (C=O) groups excluding carboxylic acids is 1. The highest BCUT2D eigenvalue weighted by Gasteiger charge is 2.33. The molecule has 1 N–H and O–H groups in total. The third-order valence-electron chi connectivity index (χ3n) is 2.62. The number of sulfonamides is 1. The second-order valence-corrected chi connectivity index (χ2v) is 5.52. The van der Waals surface area contributed by atoms with Crippen LogP contribution in [-0.2, 0) is 16.4 Å². The van der Waals surface area contributed by atoms with Gasteiger partial charge in [0, 0.05) is 7.05 Å². The average molecular weight is 240 g/mol. The molecule has 1 aliphatic rings. The normalized spacial score (nSPS) is 17.9. The summed E-state index contributed by atoms with van der Waals surface area (Å²) in [5, 5.41) is 2.52. The van der Waals surface area contributed by atoms with Gasteiger partial charge in [-0.25, -0.2) is 17.5 Å². The minimum absolute atomic E-state index is 0.161. The van der Waals surface area contributed by atoms with E-state index < -0.39 is 16.1 Å². The van der Waals surface area contributed by atoms with E-state index in [-0.39, 0.29) is 4.90 Å². The van der Waals surface area contributed by atoms with Crippen LogP contribution in [0, 0.1) is 0 Å². The van der Waals surface area contributed by atoms with Crippen LogP contribution in [0.4, 0.5) is 10.5 Å². The summed E-state index contributed by atoms with van der Waals surface area (Å²) >= 11 is 0. The third-order valence-corrected chi connectivity index (χ3v) is 4.40. The zero-order valence-corrected chi connectivity index (χ0v) is 9.84. The van der Waals surface area contributed by atoms with E-state index in [1.54, 1.807) is 18.2 Å². The van der Waals surface area contributed by atoms with Crippen molar-refractivity contribution >= 4 is 21.7 Å². The van der Waals surface area contributed by atoms with Gasteiger partial charge in [-0.2, -0.15) is 0 Å². The Bertz CT molecular complexity index is 551. The maximum Gasteiger partial charge on any atom is 0.335 e. The zero-order chi connectivity index (χ0) is 11.9. The lowest BCUT2D eigenvalue weighted by Gasteiger charge is -2.25. The number of aryl methyl sites for hydroxylation is 1. The van der Waals surface area contributed by atoms with Crippen LogP contribution in [0.5, 0.6) is 0 Å². The number of hydrogen-bond donors (Lipinski definition) is 1. The second kappa shape index (κ2) is 3.48. The summed E-state index contributed by atoms with van der Waals surface area (Å²) in [6.45, 7) is 1.94. The molecule has 16 heavy (non-hydrogen) atoms. The second-order valence-electron chi connectivity index (χ2n) is 3.59. The summed E-state index contributed by atoms with van der Waals surface area (Å²) in [6.07, 6.45) is 0.750. The fourth-order valence-electron chi connectivity index (χ4n) is 1.55. The summed E-state index contributed by atoms with van der Waals surface area (Å²) in [7, 11) is -2.44. The molecule has 0 spiro atoms. The molecule has 2 amide bonds. The molecule has 0 fully saturated rings. The van der Waals surface area contributed by atoms with E-state index in [9.17, 15) is 13.2 Å². The predicted octanol–water partition coefficient (Wildman–Crippen LogP) is 1.42. The van der Waals surface area contributed by atoms with E-state index in [1.807, 2.05) is 6.92 Å². The molecule has 0 radical (unpaired) electrons.